The average molecular weight is 250 g/mol. The topological polar surface area (TPSA) is 61.3 Å². The highest BCUT2D eigenvalue weighted by Gasteiger charge is 2.23. The molecule has 2 rings (SSSR count). The van der Waals surface area contributed by atoms with Crippen LogP contribution in [0.4, 0.5) is 11.8 Å². The van der Waals surface area contributed by atoms with Gasteiger partial charge in [-0.1, -0.05) is 0 Å². The van der Waals surface area contributed by atoms with Gasteiger partial charge in [0.15, 0.2) is 0 Å². The molecule has 5 nitrogen and oxygen atoms in total. The summed E-state index contributed by atoms with van der Waals surface area (Å²) in [7, 11) is 0. The maximum absolute atomic E-state index is 8.99. The fourth-order valence-electron chi connectivity index (χ4n) is 2.41. The summed E-state index contributed by atoms with van der Waals surface area (Å²) >= 11 is 0. The first-order chi connectivity index (χ1) is 8.72. The third-order valence-electron chi connectivity index (χ3n) is 3.32. The highest BCUT2D eigenvalue weighted by molar-refractivity contribution is 5.45. The highest BCUT2D eigenvalue weighted by Crippen LogP contribution is 2.25. The summed E-state index contributed by atoms with van der Waals surface area (Å²) in [6.45, 7) is 7.15. The second-order valence-corrected chi connectivity index (χ2v) is 4.83. The van der Waals surface area contributed by atoms with Crippen molar-refractivity contribution in [1.29, 1.82) is 0 Å². The number of aryl methyl sites for hydroxylation is 1. The molecule has 1 aliphatic heterocycles. The van der Waals surface area contributed by atoms with Crippen molar-refractivity contribution in [2.45, 2.75) is 26.7 Å². The van der Waals surface area contributed by atoms with Crippen LogP contribution in [0.25, 0.3) is 0 Å². The zero-order chi connectivity index (χ0) is 13.0. The van der Waals surface area contributed by atoms with E-state index >= 15 is 0 Å². The lowest BCUT2D eigenvalue weighted by Gasteiger charge is -2.18. The Bertz CT molecular complexity index is 397. The van der Waals surface area contributed by atoms with Crippen LogP contribution in [-0.2, 0) is 0 Å². The van der Waals surface area contributed by atoms with Crippen molar-refractivity contribution in [3.05, 3.63) is 11.8 Å². The molecule has 0 saturated carbocycles. The van der Waals surface area contributed by atoms with Crippen molar-refractivity contribution in [2.75, 3.05) is 36.5 Å². The molecular weight excluding hydrogens is 228 g/mol. The second kappa shape index (κ2) is 6.00. The lowest BCUT2D eigenvalue weighted by Crippen LogP contribution is -2.22. The Labute approximate surface area is 108 Å². The quantitative estimate of drug-likeness (QED) is 0.827. The Morgan fingerprint density at radius 3 is 3.06 bits per heavy atom. The Hall–Kier alpha value is -1.36. The summed E-state index contributed by atoms with van der Waals surface area (Å²) in [6.07, 6.45) is 2.03. The summed E-state index contributed by atoms with van der Waals surface area (Å²) in [4.78, 5) is 11.2. The van der Waals surface area contributed by atoms with E-state index in [4.69, 9.17) is 5.11 Å². The first kappa shape index (κ1) is 13.1. The van der Waals surface area contributed by atoms with E-state index in [1.54, 1.807) is 0 Å². The zero-order valence-corrected chi connectivity index (χ0v) is 11.2. The number of aliphatic hydroxyl groups excluding tert-OH is 1. The van der Waals surface area contributed by atoms with Crippen molar-refractivity contribution in [3.63, 3.8) is 0 Å². The molecule has 5 heteroatoms. The van der Waals surface area contributed by atoms with Gasteiger partial charge in [0.05, 0.1) is 0 Å². The minimum atomic E-state index is 0.282. The van der Waals surface area contributed by atoms with Gasteiger partial charge in [-0.3, -0.25) is 0 Å². The van der Waals surface area contributed by atoms with Crippen LogP contribution in [0.1, 0.15) is 25.5 Å². The van der Waals surface area contributed by atoms with E-state index in [0.29, 0.717) is 11.9 Å². The number of aliphatic hydroxyl groups is 1. The monoisotopic (exact) mass is 250 g/mol. The predicted octanol–water partition coefficient (Wildman–Crippen LogP) is 1.43. The third-order valence-corrected chi connectivity index (χ3v) is 3.32. The number of nitrogens with one attached hydrogen (secondary N) is 1. The molecule has 0 spiro atoms. The first-order valence-electron chi connectivity index (χ1n) is 6.68. The Balaban J connectivity index is 2.08. The molecule has 1 aromatic heterocycles. The maximum atomic E-state index is 8.99. The summed E-state index contributed by atoms with van der Waals surface area (Å²) in [5.41, 5.74) is 0.988. The van der Waals surface area contributed by atoms with Crippen LogP contribution in [0.15, 0.2) is 6.07 Å². The van der Waals surface area contributed by atoms with Crippen LogP contribution < -0.4 is 10.2 Å². The fourth-order valence-corrected chi connectivity index (χ4v) is 2.41. The Morgan fingerprint density at radius 2 is 2.33 bits per heavy atom. The van der Waals surface area contributed by atoms with Gasteiger partial charge in [0.25, 0.3) is 0 Å². The number of nitrogens with zero attached hydrogens (tertiary/aromatic N) is 3. The van der Waals surface area contributed by atoms with Crippen molar-refractivity contribution >= 4 is 11.8 Å². The molecule has 100 valence electrons. The van der Waals surface area contributed by atoms with Gasteiger partial charge in [0.1, 0.15) is 5.82 Å². The largest absolute Gasteiger partial charge is 0.396 e. The maximum Gasteiger partial charge on any atom is 0.224 e. The molecule has 1 aromatic rings. The van der Waals surface area contributed by atoms with Crippen LogP contribution in [0.5, 0.6) is 0 Å². The van der Waals surface area contributed by atoms with E-state index in [1.807, 2.05) is 19.9 Å². The summed E-state index contributed by atoms with van der Waals surface area (Å²) in [5, 5.41) is 12.1. The zero-order valence-electron chi connectivity index (χ0n) is 11.2. The Kier molecular flexibility index (Phi) is 4.36. The molecule has 0 aromatic carbocycles. The Morgan fingerprint density at radius 1 is 1.50 bits per heavy atom. The normalized spacial score (nSPS) is 19.3. The molecule has 0 radical (unpaired) electrons. The van der Waals surface area contributed by atoms with E-state index in [1.165, 1.54) is 0 Å². The molecular formula is C13H22N4O. The van der Waals surface area contributed by atoms with E-state index in [9.17, 15) is 0 Å². The molecule has 1 fully saturated rings. The van der Waals surface area contributed by atoms with E-state index in [2.05, 4.69) is 20.2 Å². The van der Waals surface area contributed by atoms with Crippen LogP contribution in [-0.4, -0.2) is 41.3 Å². The van der Waals surface area contributed by atoms with Gasteiger partial charge in [-0.15, -0.1) is 0 Å². The third kappa shape index (κ3) is 3.10. The van der Waals surface area contributed by atoms with Gasteiger partial charge in [-0.2, -0.15) is 4.98 Å². The number of anilines is 2. The minimum absolute atomic E-state index is 0.282. The van der Waals surface area contributed by atoms with Crippen molar-refractivity contribution in [2.24, 2.45) is 5.92 Å². The molecule has 1 atom stereocenters. The number of aromatic nitrogens is 2. The second-order valence-electron chi connectivity index (χ2n) is 4.83. The van der Waals surface area contributed by atoms with E-state index in [-0.39, 0.29) is 6.61 Å². The van der Waals surface area contributed by atoms with E-state index in [0.717, 1.165) is 44.0 Å². The van der Waals surface area contributed by atoms with Crippen LogP contribution in [0, 0.1) is 12.8 Å². The van der Waals surface area contributed by atoms with Gasteiger partial charge >= 0.3 is 0 Å². The first-order valence-corrected chi connectivity index (χ1v) is 6.68. The van der Waals surface area contributed by atoms with Gasteiger partial charge in [0.2, 0.25) is 5.95 Å². The van der Waals surface area contributed by atoms with Crippen LogP contribution >= 0.6 is 0 Å². The van der Waals surface area contributed by atoms with Crippen LogP contribution in [0.3, 0.4) is 0 Å². The number of rotatable bonds is 5. The molecule has 0 aliphatic carbocycles. The molecule has 1 unspecified atom stereocenters. The minimum Gasteiger partial charge on any atom is -0.396 e. The molecule has 0 amide bonds. The lowest BCUT2D eigenvalue weighted by molar-refractivity contribution is 0.263. The molecule has 2 heterocycles. The lowest BCUT2D eigenvalue weighted by atomic mass is 10.1. The summed E-state index contributed by atoms with van der Waals surface area (Å²) in [6, 6.07) is 2.03. The molecule has 1 saturated heterocycles. The number of hydrogen-bond donors (Lipinski definition) is 2. The van der Waals surface area contributed by atoms with Crippen molar-refractivity contribution in [1.82, 2.24) is 9.97 Å². The smallest absolute Gasteiger partial charge is 0.224 e. The molecule has 18 heavy (non-hydrogen) atoms. The summed E-state index contributed by atoms with van der Waals surface area (Å²) in [5.74, 6) is 2.30. The van der Waals surface area contributed by atoms with Crippen molar-refractivity contribution < 1.29 is 5.11 Å². The number of hydrogen-bond acceptors (Lipinski definition) is 5. The molecule has 2 N–H and O–H groups in total. The average Bonchev–Trinajstić information content (AvgIpc) is 2.78. The van der Waals surface area contributed by atoms with Gasteiger partial charge < -0.3 is 15.3 Å². The highest BCUT2D eigenvalue weighted by atomic mass is 16.3. The summed E-state index contributed by atoms with van der Waals surface area (Å²) < 4.78 is 0. The fraction of sp³-hybridized carbons (Fsp3) is 0.692. The van der Waals surface area contributed by atoms with Gasteiger partial charge in [0, 0.05) is 38.0 Å². The standard InChI is InChI=1S/C13H22N4O/c1-3-14-13-15-10(2)8-12(16-13)17-6-4-11(9-17)5-7-18/h8,11,18H,3-7,9H2,1-2H3,(H,14,15,16). The van der Waals surface area contributed by atoms with E-state index < -0.39 is 0 Å². The van der Waals surface area contributed by atoms with Crippen molar-refractivity contribution in [3.8, 4) is 0 Å². The molecule has 1 aliphatic rings. The van der Waals surface area contributed by atoms with Gasteiger partial charge in [-0.25, -0.2) is 4.98 Å². The SMILES string of the molecule is CCNc1nc(C)cc(N2CCC(CCO)C2)n1. The van der Waals surface area contributed by atoms with Gasteiger partial charge in [-0.05, 0) is 32.6 Å². The molecule has 0 bridgehead atoms. The predicted molar refractivity (Wildman–Crippen MR) is 73.0 cm³/mol. The van der Waals surface area contributed by atoms with Crippen LogP contribution in [0.2, 0.25) is 0 Å².